The zero-order chi connectivity index (χ0) is 18.4. The monoisotopic (exact) mass is 346 g/mol. The molecule has 10 nitrogen and oxygen atoms in total. The molecule has 0 N–H and O–H groups in total. The maximum absolute atomic E-state index is 11.6. The van der Waals surface area contributed by atoms with Crippen LogP contribution in [0.4, 0.5) is 11.4 Å². The third-order valence-electron chi connectivity index (χ3n) is 2.85. The summed E-state index contributed by atoms with van der Waals surface area (Å²) in [7, 11) is 0. The molecule has 2 rings (SSSR count). The minimum atomic E-state index is -0.916. The standard InChI is InChI=1S/C15H10N2O8/c18-14(24-12-5-1-10(2-6-12)16(20)21)9-15(19)25-13-7-3-11(4-8-13)17(22)23/h1-8H,9H2. The lowest BCUT2D eigenvalue weighted by molar-refractivity contribution is -0.385. The molecule has 0 fully saturated rings. The largest absolute Gasteiger partial charge is 0.426 e. The fourth-order valence-corrected chi connectivity index (χ4v) is 1.72. The van der Waals surface area contributed by atoms with Crippen LogP contribution in [0, 0.1) is 20.2 Å². The van der Waals surface area contributed by atoms with E-state index in [0.717, 1.165) is 24.3 Å². The third kappa shape index (κ3) is 5.10. The number of hydrogen-bond donors (Lipinski definition) is 0. The summed E-state index contributed by atoms with van der Waals surface area (Å²) in [6.45, 7) is 0. The van der Waals surface area contributed by atoms with Crippen LogP contribution < -0.4 is 9.47 Å². The number of benzene rings is 2. The summed E-state index contributed by atoms with van der Waals surface area (Å²) >= 11 is 0. The molecule has 0 radical (unpaired) electrons. The number of nitro groups is 2. The lowest BCUT2D eigenvalue weighted by Gasteiger charge is -2.05. The summed E-state index contributed by atoms with van der Waals surface area (Å²) in [6, 6.07) is 9.48. The fraction of sp³-hybridized carbons (Fsp3) is 0.0667. The highest BCUT2D eigenvalue weighted by atomic mass is 16.6. The van der Waals surface area contributed by atoms with Crippen molar-refractivity contribution in [2.45, 2.75) is 6.42 Å². The van der Waals surface area contributed by atoms with Crippen LogP contribution in [0.1, 0.15) is 6.42 Å². The van der Waals surface area contributed by atoms with Crippen LogP contribution in [0.15, 0.2) is 48.5 Å². The number of nitro benzene ring substituents is 2. The number of carbonyl (C=O) groups is 2. The molecule has 2 aromatic carbocycles. The van der Waals surface area contributed by atoms with Crippen LogP contribution in [0.3, 0.4) is 0 Å². The van der Waals surface area contributed by atoms with Gasteiger partial charge in [-0.2, -0.15) is 0 Å². The molecule has 10 heteroatoms. The van der Waals surface area contributed by atoms with Crippen LogP contribution in [0.25, 0.3) is 0 Å². The van der Waals surface area contributed by atoms with E-state index in [4.69, 9.17) is 9.47 Å². The maximum Gasteiger partial charge on any atom is 0.322 e. The summed E-state index contributed by atoms with van der Waals surface area (Å²) in [6.07, 6.45) is -0.700. The second-order valence-corrected chi connectivity index (χ2v) is 4.63. The highest BCUT2D eigenvalue weighted by molar-refractivity contribution is 5.93. The highest BCUT2D eigenvalue weighted by Gasteiger charge is 2.15. The van der Waals surface area contributed by atoms with E-state index in [-0.39, 0.29) is 22.9 Å². The highest BCUT2D eigenvalue weighted by Crippen LogP contribution is 2.19. The summed E-state index contributed by atoms with van der Waals surface area (Å²) < 4.78 is 9.71. The average Bonchev–Trinajstić information content (AvgIpc) is 2.55. The van der Waals surface area contributed by atoms with Gasteiger partial charge in [0.15, 0.2) is 0 Å². The summed E-state index contributed by atoms with van der Waals surface area (Å²) in [4.78, 5) is 43.1. The van der Waals surface area contributed by atoms with E-state index in [1.165, 1.54) is 24.3 Å². The van der Waals surface area contributed by atoms with Gasteiger partial charge in [-0.3, -0.25) is 29.8 Å². The molecule has 0 aliphatic rings. The van der Waals surface area contributed by atoms with Gasteiger partial charge in [0.25, 0.3) is 11.4 Å². The Morgan fingerprint density at radius 3 is 1.32 bits per heavy atom. The van der Waals surface area contributed by atoms with Crippen molar-refractivity contribution in [2.75, 3.05) is 0 Å². The Bertz CT molecular complexity index is 745. The van der Waals surface area contributed by atoms with E-state index in [1.54, 1.807) is 0 Å². The van der Waals surface area contributed by atoms with E-state index in [0.29, 0.717) is 0 Å². The van der Waals surface area contributed by atoms with Crippen LogP contribution >= 0.6 is 0 Å². The van der Waals surface area contributed by atoms with Gasteiger partial charge in [0.1, 0.15) is 17.9 Å². The fourth-order valence-electron chi connectivity index (χ4n) is 1.72. The molecule has 0 heterocycles. The molecule has 0 aromatic heterocycles. The molecule has 0 bridgehead atoms. The van der Waals surface area contributed by atoms with Gasteiger partial charge >= 0.3 is 11.9 Å². The lowest BCUT2D eigenvalue weighted by Crippen LogP contribution is -2.18. The summed E-state index contributed by atoms with van der Waals surface area (Å²) in [5.74, 6) is -1.75. The molecular weight excluding hydrogens is 336 g/mol. The Labute approximate surface area is 139 Å². The zero-order valence-electron chi connectivity index (χ0n) is 12.5. The van der Waals surface area contributed by atoms with Crippen molar-refractivity contribution < 1.29 is 28.9 Å². The van der Waals surface area contributed by atoms with Gasteiger partial charge < -0.3 is 9.47 Å². The van der Waals surface area contributed by atoms with Crippen molar-refractivity contribution in [1.82, 2.24) is 0 Å². The predicted molar refractivity (Wildman–Crippen MR) is 82.1 cm³/mol. The molecule has 0 aliphatic heterocycles. The van der Waals surface area contributed by atoms with Crippen LogP contribution in [0.5, 0.6) is 11.5 Å². The zero-order valence-corrected chi connectivity index (χ0v) is 12.5. The Kier molecular flexibility index (Phi) is 5.36. The van der Waals surface area contributed by atoms with E-state index >= 15 is 0 Å². The van der Waals surface area contributed by atoms with Crippen molar-refractivity contribution in [2.24, 2.45) is 0 Å². The molecular formula is C15H10N2O8. The van der Waals surface area contributed by atoms with Crippen molar-refractivity contribution >= 4 is 23.3 Å². The quantitative estimate of drug-likeness (QED) is 0.255. The van der Waals surface area contributed by atoms with E-state index < -0.39 is 28.2 Å². The molecule has 0 saturated carbocycles. The first-order chi connectivity index (χ1) is 11.8. The summed E-state index contributed by atoms with van der Waals surface area (Å²) in [5.41, 5.74) is -0.338. The van der Waals surface area contributed by atoms with E-state index in [9.17, 15) is 29.8 Å². The molecule has 128 valence electrons. The minimum absolute atomic E-state index is 0.0405. The number of nitrogens with zero attached hydrogens (tertiary/aromatic N) is 2. The van der Waals surface area contributed by atoms with Gasteiger partial charge in [-0.05, 0) is 24.3 Å². The van der Waals surface area contributed by atoms with Crippen molar-refractivity contribution in [3.63, 3.8) is 0 Å². The summed E-state index contributed by atoms with van der Waals surface area (Å²) in [5, 5.41) is 21.0. The lowest BCUT2D eigenvalue weighted by atomic mass is 10.3. The first-order valence-electron chi connectivity index (χ1n) is 6.75. The molecule has 2 aromatic rings. The smallest absolute Gasteiger partial charge is 0.322 e. The molecule has 0 saturated heterocycles. The van der Waals surface area contributed by atoms with Crippen LogP contribution in [0.2, 0.25) is 0 Å². The van der Waals surface area contributed by atoms with Crippen LogP contribution in [-0.2, 0) is 9.59 Å². The van der Waals surface area contributed by atoms with Gasteiger partial charge in [-0.1, -0.05) is 0 Å². The molecule has 0 spiro atoms. The number of hydrogen-bond acceptors (Lipinski definition) is 8. The molecule has 0 atom stereocenters. The Balaban J connectivity index is 1.88. The number of ether oxygens (including phenoxy) is 2. The van der Waals surface area contributed by atoms with E-state index in [2.05, 4.69) is 0 Å². The average molecular weight is 346 g/mol. The molecule has 0 unspecified atom stereocenters. The van der Waals surface area contributed by atoms with Gasteiger partial charge in [0.05, 0.1) is 9.85 Å². The normalized spacial score (nSPS) is 9.92. The number of non-ortho nitro benzene ring substituents is 2. The second-order valence-electron chi connectivity index (χ2n) is 4.63. The minimum Gasteiger partial charge on any atom is -0.426 e. The number of esters is 2. The maximum atomic E-state index is 11.6. The molecule has 25 heavy (non-hydrogen) atoms. The first-order valence-corrected chi connectivity index (χ1v) is 6.75. The van der Waals surface area contributed by atoms with Gasteiger partial charge in [-0.15, -0.1) is 0 Å². The number of rotatable bonds is 6. The number of carbonyl (C=O) groups excluding carboxylic acids is 2. The van der Waals surface area contributed by atoms with Gasteiger partial charge in [-0.25, -0.2) is 0 Å². The van der Waals surface area contributed by atoms with Gasteiger partial charge in [0, 0.05) is 24.3 Å². The third-order valence-corrected chi connectivity index (χ3v) is 2.85. The van der Waals surface area contributed by atoms with Crippen LogP contribution in [-0.4, -0.2) is 21.8 Å². The predicted octanol–water partition coefficient (Wildman–Crippen LogP) is 2.40. The van der Waals surface area contributed by atoms with Crippen molar-refractivity contribution in [1.29, 1.82) is 0 Å². The second kappa shape index (κ2) is 7.64. The SMILES string of the molecule is O=C(CC(=O)Oc1ccc([N+](=O)[O-])cc1)Oc1ccc([N+](=O)[O-])cc1. The van der Waals surface area contributed by atoms with E-state index in [1.807, 2.05) is 0 Å². The van der Waals surface area contributed by atoms with Gasteiger partial charge in [0.2, 0.25) is 0 Å². The Morgan fingerprint density at radius 1 is 0.720 bits per heavy atom. The van der Waals surface area contributed by atoms with Crippen molar-refractivity contribution in [3.05, 3.63) is 68.8 Å². The Morgan fingerprint density at radius 2 is 1.04 bits per heavy atom. The molecule has 0 amide bonds. The Hall–Kier alpha value is -3.82. The molecule has 0 aliphatic carbocycles. The topological polar surface area (TPSA) is 139 Å². The first kappa shape index (κ1) is 17.5. The van der Waals surface area contributed by atoms with Crippen molar-refractivity contribution in [3.8, 4) is 11.5 Å².